The molecule has 2 heterocycles. The number of rotatable bonds is 7. The Labute approximate surface area is 172 Å². The van der Waals surface area contributed by atoms with Crippen molar-refractivity contribution in [2.75, 3.05) is 31.5 Å². The Morgan fingerprint density at radius 3 is 2.59 bits per heavy atom. The Balaban J connectivity index is 1.82. The lowest BCUT2D eigenvalue weighted by Gasteiger charge is -2.18. The maximum Gasteiger partial charge on any atom is 0.256 e. The van der Waals surface area contributed by atoms with Crippen LogP contribution in [0.4, 0.5) is 5.69 Å². The van der Waals surface area contributed by atoms with Crippen LogP contribution >= 0.6 is 0 Å². The van der Waals surface area contributed by atoms with Gasteiger partial charge in [0.2, 0.25) is 0 Å². The number of benzene rings is 1. The predicted molar refractivity (Wildman–Crippen MR) is 118 cm³/mol. The van der Waals surface area contributed by atoms with Crippen molar-refractivity contribution in [3.63, 3.8) is 0 Å². The highest BCUT2D eigenvalue weighted by Crippen LogP contribution is 2.34. The molecule has 3 N–H and O–H groups in total. The van der Waals surface area contributed by atoms with E-state index in [1.165, 1.54) is 0 Å². The van der Waals surface area contributed by atoms with Gasteiger partial charge in [-0.25, -0.2) is 0 Å². The third-order valence-electron chi connectivity index (χ3n) is 5.56. The van der Waals surface area contributed by atoms with Crippen LogP contribution in [-0.4, -0.2) is 47.9 Å². The summed E-state index contributed by atoms with van der Waals surface area (Å²) >= 11 is 0. The maximum absolute atomic E-state index is 12.7. The minimum Gasteiger partial charge on any atom is -0.358 e. The van der Waals surface area contributed by atoms with Crippen LogP contribution in [0.2, 0.25) is 0 Å². The molecule has 154 valence electrons. The first-order valence-electron chi connectivity index (χ1n) is 10.2. The number of aromatic nitrogens is 1. The SMILES string of the molecule is CCN(CC)CCNC(=O)c1c(C)[nH]c(/C=C2\C(=O)Nc3cc(C)ccc32)c1C. The highest BCUT2D eigenvalue weighted by atomic mass is 16.2. The first kappa shape index (κ1) is 20.9. The summed E-state index contributed by atoms with van der Waals surface area (Å²) < 4.78 is 0. The molecule has 0 radical (unpaired) electrons. The van der Waals surface area contributed by atoms with Crippen LogP contribution < -0.4 is 10.6 Å². The summed E-state index contributed by atoms with van der Waals surface area (Å²) in [5.41, 5.74) is 6.52. The van der Waals surface area contributed by atoms with Crippen molar-refractivity contribution in [3.05, 3.63) is 51.8 Å². The fraction of sp³-hybridized carbons (Fsp3) is 0.391. The predicted octanol–water partition coefficient (Wildman–Crippen LogP) is 3.50. The number of amides is 2. The summed E-state index contributed by atoms with van der Waals surface area (Å²) in [6.07, 6.45) is 1.84. The van der Waals surface area contributed by atoms with Crippen molar-refractivity contribution >= 4 is 29.2 Å². The van der Waals surface area contributed by atoms with Crippen molar-refractivity contribution < 1.29 is 9.59 Å². The monoisotopic (exact) mass is 394 g/mol. The minimum atomic E-state index is -0.123. The molecule has 0 unspecified atom stereocenters. The van der Waals surface area contributed by atoms with E-state index in [1.54, 1.807) is 0 Å². The molecule has 0 saturated carbocycles. The molecule has 0 aliphatic carbocycles. The zero-order valence-electron chi connectivity index (χ0n) is 17.9. The highest BCUT2D eigenvalue weighted by molar-refractivity contribution is 6.35. The van der Waals surface area contributed by atoms with Gasteiger partial charge in [0.15, 0.2) is 0 Å². The van der Waals surface area contributed by atoms with Crippen LogP contribution in [0.25, 0.3) is 11.6 Å². The zero-order chi connectivity index (χ0) is 21.1. The van der Waals surface area contributed by atoms with E-state index >= 15 is 0 Å². The summed E-state index contributed by atoms with van der Waals surface area (Å²) in [7, 11) is 0. The Morgan fingerprint density at radius 2 is 1.90 bits per heavy atom. The number of H-pyrrole nitrogens is 1. The van der Waals surface area contributed by atoms with Crippen molar-refractivity contribution in [1.29, 1.82) is 0 Å². The van der Waals surface area contributed by atoms with Crippen LogP contribution in [0.5, 0.6) is 0 Å². The van der Waals surface area contributed by atoms with Crippen LogP contribution in [0.3, 0.4) is 0 Å². The number of nitrogens with one attached hydrogen (secondary N) is 3. The first-order valence-corrected chi connectivity index (χ1v) is 10.2. The number of fused-ring (bicyclic) bond motifs is 1. The average Bonchev–Trinajstić information content (AvgIpc) is 3.14. The van der Waals surface area contributed by atoms with Crippen LogP contribution in [0.1, 0.15) is 52.3 Å². The molecule has 1 aromatic carbocycles. The summed E-state index contributed by atoms with van der Waals surface area (Å²) in [6, 6.07) is 5.92. The van der Waals surface area contributed by atoms with Gasteiger partial charge < -0.3 is 20.5 Å². The van der Waals surface area contributed by atoms with E-state index in [2.05, 4.69) is 34.4 Å². The fourth-order valence-corrected chi connectivity index (χ4v) is 3.81. The molecule has 0 saturated heterocycles. The smallest absolute Gasteiger partial charge is 0.256 e. The molecule has 0 atom stereocenters. The lowest BCUT2D eigenvalue weighted by molar-refractivity contribution is -0.110. The van der Waals surface area contributed by atoms with E-state index in [1.807, 2.05) is 45.0 Å². The molecular weight excluding hydrogens is 364 g/mol. The minimum absolute atomic E-state index is 0.0834. The zero-order valence-corrected chi connectivity index (χ0v) is 17.9. The molecule has 1 aliphatic heterocycles. The van der Waals surface area contributed by atoms with Crippen LogP contribution in [0.15, 0.2) is 18.2 Å². The number of carbonyl (C=O) groups is 2. The van der Waals surface area contributed by atoms with Gasteiger partial charge in [-0.05, 0) is 57.1 Å². The van der Waals surface area contributed by atoms with Gasteiger partial charge in [-0.15, -0.1) is 0 Å². The maximum atomic E-state index is 12.7. The summed E-state index contributed by atoms with van der Waals surface area (Å²) in [4.78, 5) is 30.8. The van der Waals surface area contributed by atoms with Gasteiger partial charge >= 0.3 is 0 Å². The topological polar surface area (TPSA) is 77.2 Å². The van der Waals surface area contributed by atoms with Gasteiger partial charge in [0.25, 0.3) is 11.8 Å². The fourth-order valence-electron chi connectivity index (χ4n) is 3.81. The molecular formula is C23H30N4O2. The second kappa shape index (κ2) is 8.66. The standard InChI is InChI=1S/C23H30N4O2/c1-6-27(7-2)11-10-24-23(29)21-15(4)19(25-16(21)5)13-18-17-9-8-14(3)12-20(17)26-22(18)28/h8-9,12-13,25H,6-7,10-11H2,1-5H3,(H,24,29)(H,26,28)/b18-13-. The summed E-state index contributed by atoms with van der Waals surface area (Å²) in [5, 5.41) is 5.93. The molecule has 3 rings (SSSR count). The number of hydrogen-bond donors (Lipinski definition) is 3. The van der Waals surface area contributed by atoms with Crippen LogP contribution in [0, 0.1) is 20.8 Å². The number of carbonyl (C=O) groups excluding carboxylic acids is 2. The average molecular weight is 395 g/mol. The number of likely N-dealkylation sites (N-methyl/N-ethyl adjacent to an activating group) is 1. The van der Waals surface area contributed by atoms with Crippen molar-refractivity contribution in [3.8, 4) is 0 Å². The Morgan fingerprint density at radius 1 is 1.17 bits per heavy atom. The largest absolute Gasteiger partial charge is 0.358 e. The Hall–Kier alpha value is -2.86. The normalized spacial score (nSPS) is 14.4. The quantitative estimate of drug-likeness (QED) is 0.629. The van der Waals surface area contributed by atoms with E-state index in [4.69, 9.17) is 0 Å². The molecule has 1 aliphatic rings. The molecule has 0 bridgehead atoms. The van der Waals surface area contributed by atoms with E-state index in [-0.39, 0.29) is 11.8 Å². The molecule has 6 nitrogen and oxygen atoms in total. The first-order chi connectivity index (χ1) is 13.8. The highest BCUT2D eigenvalue weighted by Gasteiger charge is 2.25. The van der Waals surface area contributed by atoms with Gasteiger partial charge in [-0.2, -0.15) is 0 Å². The molecule has 0 spiro atoms. The molecule has 0 fully saturated rings. The third kappa shape index (κ3) is 4.27. The number of anilines is 1. The summed E-state index contributed by atoms with van der Waals surface area (Å²) in [5.74, 6) is -0.206. The van der Waals surface area contributed by atoms with E-state index in [0.717, 1.165) is 53.4 Å². The lowest BCUT2D eigenvalue weighted by atomic mass is 10.0. The van der Waals surface area contributed by atoms with Crippen LogP contribution in [-0.2, 0) is 4.79 Å². The number of hydrogen-bond acceptors (Lipinski definition) is 3. The van der Waals surface area contributed by atoms with Gasteiger partial charge in [0.1, 0.15) is 0 Å². The molecule has 6 heteroatoms. The van der Waals surface area contributed by atoms with Crippen molar-refractivity contribution in [2.24, 2.45) is 0 Å². The third-order valence-corrected chi connectivity index (χ3v) is 5.56. The second-order valence-corrected chi connectivity index (χ2v) is 7.51. The van der Waals surface area contributed by atoms with Gasteiger partial charge in [0.05, 0.1) is 11.1 Å². The molecule has 29 heavy (non-hydrogen) atoms. The van der Waals surface area contributed by atoms with Gasteiger partial charge in [-0.1, -0.05) is 26.0 Å². The lowest BCUT2D eigenvalue weighted by Crippen LogP contribution is -2.35. The van der Waals surface area contributed by atoms with E-state index in [0.29, 0.717) is 17.7 Å². The summed E-state index contributed by atoms with van der Waals surface area (Å²) in [6.45, 7) is 13.4. The molecule has 2 aromatic rings. The number of nitrogens with zero attached hydrogens (tertiary/aromatic N) is 1. The Kier molecular flexibility index (Phi) is 6.23. The van der Waals surface area contributed by atoms with Gasteiger partial charge in [0, 0.05) is 35.7 Å². The van der Waals surface area contributed by atoms with Gasteiger partial charge in [-0.3, -0.25) is 9.59 Å². The van der Waals surface area contributed by atoms with E-state index in [9.17, 15) is 9.59 Å². The van der Waals surface area contributed by atoms with E-state index < -0.39 is 0 Å². The number of aromatic amines is 1. The Bertz CT molecular complexity index is 967. The molecule has 2 amide bonds. The second-order valence-electron chi connectivity index (χ2n) is 7.51. The van der Waals surface area contributed by atoms with Crippen molar-refractivity contribution in [1.82, 2.24) is 15.2 Å². The van der Waals surface area contributed by atoms with Crippen molar-refractivity contribution in [2.45, 2.75) is 34.6 Å². The number of aryl methyl sites for hydroxylation is 2. The molecule has 1 aromatic heterocycles.